The number of nitrogens with zero attached hydrogens (tertiary/aromatic N) is 1. The van der Waals surface area contributed by atoms with Gasteiger partial charge in [-0.05, 0) is 50.6 Å². The maximum Gasteiger partial charge on any atom is 0.258 e. The van der Waals surface area contributed by atoms with E-state index in [4.69, 9.17) is 0 Å². The van der Waals surface area contributed by atoms with E-state index in [2.05, 4.69) is 17.6 Å². The molecule has 0 radical (unpaired) electrons. The Hall–Kier alpha value is -3.15. The highest BCUT2D eigenvalue weighted by molar-refractivity contribution is 6.12. The maximum absolute atomic E-state index is 13.3. The van der Waals surface area contributed by atoms with Crippen LogP contribution in [0.2, 0.25) is 0 Å². The summed E-state index contributed by atoms with van der Waals surface area (Å²) < 4.78 is 0. The minimum absolute atomic E-state index is 0.169. The van der Waals surface area contributed by atoms with Crippen molar-refractivity contribution in [1.29, 1.82) is 0 Å². The summed E-state index contributed by atoms with van der Waals surface area (Å²) in [4.78, 5) is 39.8. The first kappa shape index (κ1) is 21.6. The third kappa shape index (κ3) is 4.87. The molecule has 0 aliphatic carbocycles. The van der Waals surface area contributed by atoms with Gasteiger partial charge in [-0.1, -0.05) is 37.5 Å². The van der Waals surface area contributed by atoms with E-state index >= 15 is 0 Å². The van der Waals surface area contributed by atoms with Crippen LogP contribution in [0, 0.1) is 6.92 Å². The van der Waals surface area contributed by atoms with Crippen molar-refractivity contribution >= 4 is 29.1 Å². The molecule has 6 heteroatoms. The Balaban J connectivity index is 1.90. The maximum atomic E-state index is 13.3. The zero-order chi connectivity index (χ0) is 21.7. The molecule has 1 aliphatic heterocycles. The molecule has 0 fully saturated rings. The first-order valence-corrected chi connectivity index (χ1v) is 10.5. The summed E-state index contributed by atoms with van der Waals surface area (Å²) in [5, 5.41) is 5.77. The van der Waals surface area contributed by atoms with Crippen LogP contribution >= 0.6 is 0 Å². The molecule has 158 valence electrons. The second-order valence-electron chi connectivity index (χ2n) is 7.84. The van der Waals surface area contributed by atoms with Crippen LogP contribution in [0.1, 0.15) is 65.8 Å². The van der Waals surface area contributed by atoms with Gasteiger partial charge in [-0.25, -0.2) is 0 Å². The van der Waals surface area contributed by atoms with Crippen molar-refractivity contribution in [3.63, 3.8) is 0 Å². The van der Waals surface area contributed by atoms with Gasteiger partial charge in [-0.15, -0.1) is 0 Å². The molecule has 1 unspecified atom stereocenters. The van der Waals surface area contributed by atoms with Crippen LogP contribution in [0.25, 0.3) is 0 Å². The lowest BCUT2D eigenvalue weighted by atomic mass is 10.1. The fraction of sp³-hybridized carbons (Fsp3) is 0.375. The minimum Gasteiger partial charge on any atom is -0.352 e. The predicted molar refractivity (Wildman–Crippen MR) is 119 cm³/mol. The van der Waals surface area contributed by atoms with Gasteiger partial charge in [0.05, 0.1) is 11.4 Å². The van der Waals surface area contributed by atoms with E-state index in [1.54, 1.807) is 35.2 Å². The Labute approximate surface area is 177 Å². The Morgan fingerprint density at radius 3 is 2.50 bits per heavy atom. The van der Waals surface area contributed by atoms with E-state index in [0.717, 1.165) is 24.8 Å². The molecule has 30 heavy (non-hydrogen) atoms. The molecule has 0 spiro atoms. The van der Waals surface area contributed by atoms with E-state index in [0.29, 0.717) is 29.0 Å². The van der Waals surface area contributed by atoms with Crippen molar-refractivity contribution in [3.05, 3.63) is 59.2 Å². The van der Waals surface area contributed by atoms with Crippen LogP contribution in [0.4, 0.5) is 11.4 Å². The number of aryl methyl sites for hydroxylation is 1. The molecule has 1 heterocycles. The second-order valence-corrected chi connectivity index (χ2v) is 7.84. The van der Waals surface area contributed by atoms with Gasteiger partial charge in [0, 0.05) is 30.1 Å². The zero-order valence-electron chi connectivity index (χ0n) is 17.8. The number of hydrogen-bond acceptors (Lipinski definition) is 3. The Bertz CT molecular complexity index is 937. The Morgan fingerprint density at radius 1 is 1.10 bits per heavy atom. The second kappa shape index (κ2) is 9.57. The molecule has 6 nitrogen and oxygen atoms in total. The van der Waals surface area contributed by atoms with Gasteiger partial charge < -0.3 is 15.5 Å². The van der Waals surface area contributed by atoms with E-state index in [1.807, 2.05) is 26.0 Å². The Morgan fingerprint density at radius 2 is 1.80 bits per heavy atom. The average molecular weight is 408 g/mol. The summed E-state index contributed by atoms with van der Waals surface area (Å²) in [6.07, 6.45) is 3.27. The lowest BCUT2D eigenvalue weighted by molar-refractivity contribution is -0.116. The summed E-state index contributed by atoms with van der Waals surface area (Å²) in [6, 6.07) is 12.2. The quantitative estimate of drug-likeness (QED) is 0.701. The molecule has 0 saturated heterocycles. The number of carbonyl (C=O) groups excluding carboxylic acids is 3. The molecular weight excluding hydrogens is 378 g/mol. The number of fused-ring (bicyclic) bond motifs is 1. The van der Waals surface area contributed by atoms with Crippen LogP contribution in [0.5, 0.6) is 0 Å². The van der Waals surface area contributed by atoms with Gasteiger partial charge in [0.2, 0.25) is 5.91 Å². The topological polar surface area (TPSA) is 78.5 Å². The number of rotatable bonds is 6. The van der Waals surface area contributed by atoms with Gasteiger partial charge in [-0.3, -0.25) is 14.4 Å². The monoisotopic (exact) mass is 407 g/mol. The van der Waals surface area contributed by atoms with E-state index in [1.165, 1.54) is 0 Å². The number of carbonyl (C=O) groups is 3. The minimum atomic E-state index is -0.311. The summed E-state index contributed by atoms with van der Waals surface area (Å²) >= 11 is 0. The van der Waals surface area contributed by atoms with Crippen LogP contribution in [-0.2, 0) is 4.79 Å². The molecule has 3 amide bonds. The van der Waals surface area contributed by atoms with E-state index in [-0.39, 0.29) is 30.2 Å². The third-order valence-corrected chi connectivity index (χ3v) is 5.30. The van der Waals surface area contributed by atoms with E-state index < -0.39 is 0 Å². The summed E-state index contributed by atoms with van der Waals surface area (Å²) in [5.41, 5.74) is 3.17. The fourth-order valence-corrected chi connectivity index (χ4v) is 3.61. The highest BCUT2D eigenvalue weighted by Gasteiger charge is 2.30. The molecule has 1 atom stereocenters. The van der Waals surface area contributed by atoms with Crippen LogP contribution in [0.15, 0.2) is 42.5 Å². The highest BCUT2D eigenvalue weighted by atomic mass is 16.2. The highest BCUT2D eigenvalue weighted by Crippen LogP contribution is 2.33. The van der Waals surface area contributed by atoms with E-state index in [9.17, 15) is 14.4 Å². The van der Waals surface area contributed by atoms with Crippen molar-refractivity contribution < 1.29 is 14.4 Å². The lowest BCUT2D eigenvalue weighted by Crippen LogP contribution is -2.39. The number of anilines is 2. The lowest BCUT2D eigenvalue weighted by Gasteiger charge is -2.28. The molecule has 0 bridgehead atoms. The molecule has 2 aromatic rings. The third-order valence-electron chi connectivity index (χ3n) is 5.30. The molecule has 3 rings (SSSR count). The number of amides is 3. The first-order valence-electron chi connectivity index (χ1n) is 10.5. The largest absolute Gasteiger partial charge is 0.352 e. The van der Waals surface area contributed by atoms with Crippen LogP contribution < -0.4 is 15.5 Å². The summed E-state index contributed by atoms with van der Waals surface area (Å²) in [7, 11) is 0. The molecule has 1 aliphatic rings. The molecular formula is C24H29N3O3. The molecule has 0 aromatic heterocycles. The van der Waals surface area contributed by atoms with Gasteiger partial charge in [-0.2, -0.15) is 0 Å². The number of hydrogen-bond donors (Lipinski definition) is 2. The fourth-order valence-electron chi connectivity index (χ4n) is 3.61. The van der Waals surface area contributed by atoms with Crippen LogP contribution in [-0.4, -0.2) is 30.3 Å². The van der Waals surface area contributed by atoms with Crippen molar-refractivity contribution in [1.82, 2.24) is 5.32 Å². The number of benzene rings is 2. The Kier molecular flexibility index (Phi) is 6.87. The number of unbranched alkanes of at least 4 members (excludes halogenated alkanes) is 2. The predicted octanol–water partition coefficient (Wildman–Crippen LogP) is 4.29. The summed E-state index contributed by atoms with van der Waals surface area (Å²) in [6.45, 7) is 6.55. The van der Waals surface area contributed by atoms with Gasteiger partial charge >= 0.3 is 0 Å². The standard InChI is InChI=1S/C24H29N3O3/c1-4-5-6-13-25-23(29)19-11-12-21-20(15-19)26-22(28)14-17(3)27(21)24(30)18-9-7-16(2)8-10-18/h7-12,15,17H,4-6,13-14H2,1-3H3,(H,25,29)(H,26,28). The zero-order valence-corrected chi connectivity index (χ0v) is 17.8. The average Bonchev–Trinajstić information content (AvgIpc) is 2.84. The van der Waals surface area contributed by atoms with Gasteiger partial charge in [0.1, 0.15) is 0 Å². The molecule has 0 saturated carbocycles. The van der Waals surface area contributed by atoms with Gasteiger partial charge in [0.15, 0.2) is 0 Å². The molecule has 2 aromatic carbocycles. The SMILES string of the molecule is CCCCCNC(=O)c1ccc2c(c1)NC(=O)CC(C)N2C(=O)c1ccc(C)cc1. The number of nitrogens with one attached hydrogen (secondary N) is 2. The van der Waals surface area contributed by atoms with Crippen molar-refractivity contribution in [3.8, 4) is 0 Å². The van der Waals surface area contributed by atoms with Gasteiger partial charge in [0.25, 0.3) is 11.8 Å². The summed E-state index contributed by atoms with van der Waals surface area (Å²) in [5.74, 6) is -0.530. The molecule has 2 N–H and O–H groups in total. The van der Waals surface area contributed by atoms with Crippen molar-refractivity contribution in [2.24, 2.45) is 0 Å². The smallest absolute Gasteiger partial charge is 0.258 e. The van der Waals surface area contributed by atoms with Crippen LogP contribution in [0.3, 0.4) is 0 Å². The van der Waals surface area contributed by atoms with Crippen molar-refractivity contribution in [2.45, 2.75) is 52.5 Å². The van der Waals surface area contributed by atoms with Crippen molar-refractivity contribution in [2.75, 3.05) is 16.8 Å². The first-order chi connectivity index (χ1) is 14.4. The normalized spacial score (nSPS) is 15.8.